The fraction of sp³-hybridized carbons (Fsp3) is 0.350. The lowest BCUT2D eigenvalue weighted by atomic mass is 10.2. The molecule has 2 aromatic carbocycles. The van der Waals surface area contributed by atoms with E-state index in [2.05, 4.69) is 10.2 Å². The molecule has 0 radical (unpaired) electrons. The maximum Gasteiger partial charge on any atom is 0.255 e. The first-order chi connectivity index (χ1) is 13.4. The quantitative estimate of drug-likeness (QED) is 0.801. The topological polar surface area (TPSA) is 78.9 Å². The van der Waals surface area contributed by atoms with Crippen molar-refractivity contribution < 1.29 is 17.9 Å². The third-order valence-corrected chi connectivity index (χ3v) is 6.56. The van der Waals surface area contributed by atoms with Gasteiger partial charge in [0.15, 0.2) is 0 Å². The molecule has 0 atom stereocenters. The van der Waals surface area contributed by atoms with E-state index in [9.17, 15) is 13.2 Å². The van der Waals surface area contributed by atoms with Crippen molar-refractivity contribution in [3.63, 3.8) is 0 Å². The molecule has 0 saturated carbocycles. The number of likely N-dealkylation sites (N-methyl/N-ethyl adjacent to an activating group) is 1. The second-order valence-corrected chi connectivity index (χ2v) is 8.55. The number of nitrogens with zero attached hydrogens (tertiary/aromatic N) is 2. The number of piperazine rings is 1. The summed E-state index contributed by atoms with van der Waals surface area (Å²) in [7, 11) is -1.57. The maximum absolute atomic E-state index is 12.8. The second kappa shape index (κ2) is 8.72. The van der Waals surface area contributed by atoms with Gasteiger partial charge in [-0.25, -0.2) is 8.42 Å². The van der Waals surface area contributed by atoms with Crippen LogP contribution in [0.4, 0.5) is 5.69 Å². The van der Waals surface area contributed by atoms with Crippen molar-refractivity contribution in [2.24, 2.45) is 0 Å². The van der Waals surface area contributed by atoms with Crippen LogP contribution in [0.25, 0.3) is 0 Å². The summed E-state index contributed by atoms with van der Waals surface area (Å²) in [5.74, 6) is 0.267. The zero-order chi connectivity index (χ0) is 20.1. The zero-order valence-corrected chi connectivity index (χ0v) is 16.9. The van der Waals surface area contributed by atoms with Crippen molar-refractivity contribution in [1.29, 1.82) is 0 Å². The van der Waals surface area contributed by atoms with Gasteiger partial charge in [0.2, 0.25) is 10.0 Å². The van der Waals surface area contributed by atoms with Crippen LogP contribution in [0, 0.1) is 0 Å². The van der Waals surface area contributed by atoms with E-state index in [1.54, 1.807) is 12.1 Å². The van der Waals surface area contributed by atoms with E-state index >= 15 is 0 Å². The van der Waals surface area contributed by atoms with Gasteiger partial charge in [-0.05, 0) is 50.4 Å². The summed E-state index contributed by atoms with van der Waals surface area (Å²) in [6, 6.07) is 13.2. The average molecular weight is 404 g/mol. The Kier molecular flexibility index (Phi) is 6.33. The van der Waals surface area contributed by atoms with Crippen molar-refractivity contribution in [2.75, 3.05) is 45.2 Å². The van der Waals surface area contributed by atoms with Crippen LogP contribution in [0.3, 0.4) is 0 Å². The molecule has 1 aliphatic rings. The van der Waals surface area contributed by atoms with Crippen molar-refractivity contribution in [1.82, 2.24) is 9.21 Å². The number of rotatable bonds is 6. The normalized spacial score (nSPS) is 15.9. The van der Waals surface area contributed by atoms with Gasteiger partial charge >= 0.3 is 0 Å². The lowest BCUT2D eigenvalue weighted by molar-refractivity contribution is 0.102. The van der Waals surface area contributed by atoms with E-state index in [4.69, 9.17) is 4.74 Å². The Labute approximate surface area is 166 Å². The molecule has 7 nitrogen and oxygen atoms in total. The van der Waals surface area contributed by atoms with Gasteiger partial charge in [0.05, 0.1) is 17.2 Å². The number of benzene rings is 2. The summed E-state index contributed by atoms with van der Waals surface area (Å²) in [5, 5.41) is 2.81. The van der Waals surface area contributed by atoms with Gasteiger partial charge in [-0.1, -0.05) is 12.1 Å². The molecule has 1 N–H and O–H groups in total. The Hall–Kier alpha value is -2.42. The van der Waals surface area contributed by atoms with E-state index in [1.807, 2.05) is 26.1 Å². The summed E-state index contributed by atoms with van der Waals surface area (Å²) >= 11 is 0. The molecule has 150 valence electrons. The van der Waals surface area contributed by atoms with Crippen LogP contribution in [-0.4, -0.2) is 63.4 Å². The summed E-state index contributed by atoms with van der Waals surface area (Å²) in [4.78, 5) is 14.8. The molecular formula is C20H25N3O4S. The Morgan fingerprint density at radius 2 is 1.68 bits per heavy atom. The van der Waals surface area contributed by atoms with Crippen LogP contribution in [0.15, 0.2) is 53.4 Å². The highest BCUT2D eigenvalue weighted by Crippen LogP contribution is 2.25. The van der Waals surface area contributed by atoms with E-state index in [-0.39, 0.29) is 10.8 Å². The van der Waals surface area contributed by atoms with Crippen LogP contribution in [-0.2, 0) is 10.0 Å². The van der Waals surface area contributed by atoms with E-state index in [0.717, 1.165) is 0 Å². The van der Waals surface area contributed by atoms with Gasteiger partial charge in [-0.15, -0.1) is 0 Å². The molecule has 1 amide bonds. The number of nitrogens with one attached hydrogen (secondary N) is 1. The molecule has 8 heteroatoms. The molecule has 1 saturated heterocycles. The SMILES string of the molecule is CCOc1ccccc1NC(=O)c1ccc(S(=O)(=O)N2CCN(C)CC2)cc1. The summed E-state index contributed by atoms with van der Waals surface area (Å²) in [6.45, 7) is 4.71. The molecule has 3 rings (SSSR count). The lowest BCUT2D eigenvalue weighted by Crippen LogP contribution is -2.47. The first-order valence-electron chi connectivity index (χ1n) is 9.23. The van der Waals surface area contributed by atoms with E-state index in [0.29, 0.717) is 49.8 Å². The highest BCUT2D eigenvalue weighted by atomic mass is 32.2. The molecule has 0 aromatic heterocycles. The smallest absolute Gasteiger partial charge is 0.255 e. The summed E-state index contributed by atoms with van der Waals surface area (Å²) in [6.07, 6.45) is 0. The number of ether oxygens (including phenoxy) is 1. The number of hydrogen-bond acceptors (Lipinski definition) is 5. The van der Waals surface area contributed by atoms with Crippen LogP contribution in [0.2, 0.25) is 0 Å². The van der Waals surface area contributed by atoms with Crippen LogP contribution >= 0.6 is 0 Å². The van der Waals surface area contributed by atoms with Crippen LogP contribution in [0.1, 0.15) is 17.3 Å². The summed E-state index contributed by atoms with van der Waals surface area (Å²) < 4.78 is 32.5. The number of anilines is 1. The number of para-hydroxylation sites is 2. The third-order valence-electron chi connectivity index (χ3n) is 4.65. The number of sulfonamides is 1. The number of hydrogen-bond donors (Lipinski definition) is 1. The van der Waals surface area contributed by atoms with Gasteiger partial charge in [-0.3, -0.25) is 4.79 Å². The van der Waals surface area contributed by atoms with Gasteiger partial charge in [0.25, 0.3) is 5.91 Å². The maximum atomic E-state index is 12.8. The number of carbonyl (C=O) groups excluding carboxylic acids is 1. The Morgan fingerprint density at radius 3 is 2.32 bits per heavy atom. The summed E-state index contributed by atoms with van der Waals surface area (Å²) in [5.41, 5.74) is 0.951. The van der Waals surface area contributed by atoms with Crippen LogP contribution in [0.5, 0.6) is 5.75 Å². The van der Waals surface area contributed by atoms with E-state index < -0.39 is 10.0 Å². The fourth-order valence-electron chi connectivity index (χ4n) is 3.00. The molecule has 1 heterocycles. The van der Waals surface area contributed by atoms with Gasteiger partial charge in [0, 0.05) is 31.7 Å². The second-order valence-electron chi connectivity index (χ2n) is 6.62. The molecule has 1 aliphatic heterocycles. The number of amides is 1. The average Bonchev–Trinajstić information content (AvgIpc) is 2.70. The minimum Gasteiger partial charge on any atom is -0.492 e. The minimum absolute atomic E-state index is 0.198. The van der Waals surface area contributed by atoms with Gasteiger partial charge in [-0.2, -0.15) is 4.31 Å². The standard InChI is InChI=1S/C20H25N3O4S/c1-3-27-19-7-5-4-6-18(19)21-20(24)16-8-10-17(11-9-16)28(25,26)23-14-12-22(2)13-15-23/h4-11H,3,12-15H2,1-2H3,(H,21,24). The third kappa shape index (κ3) is 4.52. The van der Waals surface area contributed by atoms with Gasteiger partial charge < -0.3 is 15.0 Å². The molecule has 0 spiro atoms. The van der Waals surface area contributed by atoms with Gasteiger partial charge in [0.1, 0.15) is 5.75 Å². The van der Waals surface area contributed by atoms with E-state index in [1.165, 1.54) is 28.6 Å². The molecule has 1 fully saturated rings. The molecule has 0 unspecified atom stereocenters. The number of carbonyl (C=O) groups is 1. The predicted molar refractivity (Wildman–Crippen MR) is 108 cm³/mol. The highest BCUT2D eigenvalue weighted by Gasteiger charge is 2.27. The first kappa shape index (κ1) is 20.3. The monoisotopic (exact) mass is 403 g/mol. The molecule has 28 heavy (non-hydrogen) atoms. The molecule has 2 aromatic rings. The van der Waals surface area contributed by atoms with Crippen molar-refractivity contribution >= 4 is 21.6 Å². The Morgan fingerprint density at radius 1 is 1.04 bits per heavy atom. The fourth-order valence-corrected chi connectivity index (χ4v) is 4.42. The first-order valence-corrected chi connectivity index (χ1v) is 10.7. The molecular weight excluding hydrogens is 378 g/mol. The Balaban J connectivity index is 1.73. The van der Waals surface area contributed by atoms with Crippen LogP contribution < -0.4 is 10.1 Å². The van der Waals surface area contributed by atoms with Crippen molar-refractivity contribution in [2.45, 2.75) is 11.8 Å². The highest BCUT2D eigenvalue weighted by molar-refractivity contribution is 7.89. The van der Waals surface area contributed by atoms with Crippen molar-refractivity contribution in [3.05, 3.63) is 54.1 Å². The minimum atomic E-state index is -3.55. The molecule has 0 aliphatic carbocycles. The largest absolute Gasteiger partial charge is 0.492 e. The van der Waals surface area contributed by atoms with Crippen molar-refractivity contribution in [3.8, 4) is 5.75 Å². The zero-order valence-electron chi connectivity index (χ0n) is 16.1. The Bertz CT molecular complexity index is 921. The molecule has 0 bridgehead atoms. The predicted octanol–water partition coefficient (Wildman–Crippen LogP) is 2.27. The lowest BCUT2D eigenvalue weighted by Gasteiger charge is -2.31.